The largest absolute Gasteiger partial charge is 0.469 e. The van der Waals surface area contributed by atoms with Gasteiger partial charge in [0.15, 0.2) is 0 Å². The fourth-order valence-corrected chi connectivity index (χ4v) is 5.14. The summed E-state index contributed by atoms with van der Waals surface area (Å²) in [5.41, 5.74) is 0.975. The molecule has 3 fully saturated rings. The number of methoxy groups -OCH3 is 1. The molecule has 178 valence electrons. The van der Waals surface area contributed by atoms with Crippen LogP contribution in [0.4, 0.5) is 0 Å². The van der Waals surface area contributed by atoms with Crippen molar-refractivity contribution in [3.05, 3.63) is 12.2 Å². The van der Waals surface area contributed by atoms with Gasteiger partial charge in [-0.3, -0.25) is 4.79 Å². The van der Waals surface area contributed by atoms with Crippen molar-refractivity contribution >= 4 is 5.97 Å². The summed E-state index contributed by atoms with van der Waals surface area (Å²) in [5, 5.41) is 30.5. The molecule has 0 bridgehead atoms. The second-order valence-corrected chi connectivity index (χ2v) is 9.33. The lowest BCUT2D eigenvalue weighted by molar-refractivity contribution is -0.269. The van der Waals surface area contributed by atoms with Gasteiger partial charge in [0.25, 0.3) is 0 Å². The van der Waals surface area contributed by atoms with Gasteiger partial charge in [0.1, 0.15) is 0 Å². The minimum Gasteiger partial charge on any atom is -0.469 e. The minimum absolute atomic E-state index is 0.0595. The van der Waals surface area contributed by atoms with Gasteiger partial charge >= 0.3 is 5.97 Å². The third kappa shape index (κ3) is 5.67. The first kappa shape index (κ1) is 24.6. The van der Waals surface area contributed by atoms with E-state index in [9.17, 15) is 20.1 Å². The van der Waals surface area contributed by atoms with Crippen LogP contribution < -0.4 is 0 Å². The third-order valence-electron chi connectivity index (χ3n) is 7.17. The summed E-state index contributed by atoms with van der Waals surface area (Å²) in [6, 6.07) is 0. The molecule has 3 N–H and O–H groups in total. The zero-order chi connectivity index (χ0) is 22.7. The van der Waals surface area contributed by atoms with Gasteiger partial charge < -0.3 is 34.3 Å². The van der Waals surface area contributed by atoms with Crippen molar-refractivity contribution in [3.63, 3.8) is 0 Å². The molecule has 0 aromatic rings. The topological polar surface area (TPSA) is 115 Å². The fourth-order valence-electron chi connectivity index (χ4n) is 5.14. The number of hydrogen-bond acceptors (Lipinski definition) is 8. The molecule has 3 rings (SSSR count). The van der Waals surface area contributed by atoms with Gasteiger partial charge in [-0.2, -0.15) is 0 Å². The summed E-state index contributed by atoms with van der Waals surface area (Å²) >= 11 is 0. The maximum Gasteiger partial charge on any atom is 0.305 e. The second-order valence-electron chi connectivity index (χ2n) is 9.33. The van der Waals surface area contributed by atoms with Crippen LogP contribution in [-0.2, 0) is 23.7 Å². The van der Waals surface area contributed by atoms with E-state index in [1.807, 2.05) is 6.92 Å². The Balaban J connectivity index is 1.63. The van der Waals surface area contributed by atoms with Gasteiger partial charge in [0.2, 0.25) is 0 Å². The van der Waals surface area contributed by atoms with Crippen LogP contribution >= 0.6 is 0 Å². The highest BCUT2D eigenvalue weighted by molar-refractivity contribution is 5.69. The maximum absolute atomic E-state index is 11.5. The number of ether oxygens (including phenoxy) is 4. The van der Waals surface area contributed by atoms with E-state index in [1.165, 1.54) is 7.11 Å². The van der Waals surface area contributed by atoms with Gasteiger partial charge in [0.05, 0.1) is 55.9 Å². The number of rotatable bonds is 7. The van der Waals surface area contributed by atoms with E-state index in [2.05, 4.69) is 13.5 Å². The quantitative estimate of drug-likeness (QED) is 0.400. The zero-order valence-electron chi connectivity index (χ0n) is 18.8. The number of carbonyl (C=O) groups is 1. The molecule has 0 amide bonds. The van der Waals surface area contributed by atoms with Gasteiger partial charge in [-0.1, -0.05) is 20.4 Å². The molecule has 0 aliphatic carbocycles. The maximum atomic E-state index is 11.5. The summed E-state index contributed by atoms with van der Waals surface area (Å²) in [6.45, 7) is 8.19. The van der Waals surface area contributed by atoms with Crippen LogP contribution in [0.15, 0.2) is 12.2 Å². The van der Waals surface area contributed by atoms with E-state index in [1.54, 1.807) is 0 Å². The highest BCUT2D eigenvalue weighted by Gasteiger charge is 2.49. The Morgan fingerprint density at radius 1 is 1.13 bits per heavy atom. The van der Waals surface area contributed by atoms with Crippen molar-refractivity contribution in [1.82, 2.24) is 0 Å². The molecule has 8 heteroatoms. The smallest absolute Gasteiger partial charge is 0.305 e. The van der Waals surface area contributed by atoms with Crippen LogP contribution in [0.5, 0.6) is 0 Å². The van der Waals surface area contributed by atoms with Gasteiger partial charge in [-0.15, -0.1) is 0 Å². The van der Waals surface area contributed by atoms with Crippen LogP contribution in [0, 0.1) is 11.8 Å². The Morgan fingerprint density at radius 3 is 2.55 bits per heavy atom. The third-order valence-corrected chi connectivity index (χ3v) is 7.17. The first-order valence-electron chi connectivity index (χ1n) is 11.4. The molecule has 0 spiro atoms. The minimum atomic E-state index is -0.742. The molecule has 0 aromatic carbocycles. The highest BCUT2D eigenvalue weighted by atomic mass is 16.6. The number of carbonyl (C=O) groups excluding carboxylic acids is 1. The summed E-state index contributed by atoms with van der Waals surface area (Å²) < 4.78 is 23.2. The number of aliphatic hydroxyl groups is 3. The predicted molar refractivity (Wildman–Crippen MR) is 112 cm³/mol. The molecule has 3 aliphatic heterocycles. The number of esters is 1. The van der Waals surface area contributed by atoms with E-state index >= 15 is 0 Å². The van der Waals surface area contributed by atoms with Crippen LogP contribution in [-0.4, -0.2) is 83.8 Å². The van der Waals surface area contributed by atoms with Crippen molar-refractivity contribution in [3.8, 4) is 0 Å². The van der Waals surface area contributed by atoms with Gasteiger partial charge in [0, 0.05) is 31.8 Å². The number of hydrogen-bond donors (Lipinski definition) is 3. The molecular formula is C23H38O8. The average Bonchev–Trinajstić information content (AvgIpc) is 2.74. The summed E-state index contributed by atoms with van der Waals surface area (Å²) in [6.07, 6.45) is -0.432. The molecule has 3 heterocycles. The standard InChI is InChI=1S/C23H38O8/c1-12-9-15(5-6-21(26)28-4)29-18(13(12)2)11-19-22(27)14(3)23-20(30-19)10-16(25)17(31-23)7-8-24/h12,14-20,22-25,27H,2,5-11H2,1,3-4H3/t12-,14-,15+,16-,17-,18?,19+,20+,22-,23+/m1/s1. The van der Waals surface area contributed by atoms with Crippen molar-refractivity contribution in [2.75, 3.05) is 13.7 Å². The molecule has 1 unspecified atom stereocenters. The van der Waals surface area contributed by atoms with Gasteiger partial charge in [-0.05, 0) is 30.8 Å². The summed E-state index contributed by atoms with van der Waals surface area (Å²) in [5.74, 6) is -0.188. The monoisotopic (exact) mass is 442 g/mol. The first-order valence-corrected chi connectivity index (χ1v) is 11.4. The van der Waals surface area contributed by atoms with Crippen molar-refractivity contribution in [2.24, 2.45) is 11.8 Å². The van der Waals surface area contributed by atoms with Crippen molar-refractivity contribution < 1.29 is 39.1 Å². The normalized spacial score (nSPS) is 43.4. The molecule has 0 aromatic heterocycles. The molecule has 3 aliphatic rings. The Bertz CT molecular complexity index is 625. The Kier molecular flexibility index (Phi) is 8.51. The average molecular weight is 443 g/mol. The van der Waals surface area contributed by atoms with E-state index < -0.39 is 24.4 Å². The Morgan fingerprint density at radius 2 is 1.87 bits per heavy atom. The SMILES string of the molecule is C=C1C(C[C@@H]2O[C@H]3C[C@@H](O)[C@@H](CCO)O[C@H]3[C@H](C)[C@H]2O)O[C@@H](CCC(=O)OC)C[C@H]1C. The number of aliphatic hydroxyl groups excluding tert-OH is 3. The van der Waals surface area contributed by atoms with Crippen molar-refractivity contribution in [2.45, 2.75) is 101 Å². The predicted octanol–water partition coefficient (Wildman–Crippen LogP) is 1.34. The Hall–Kier alpha value is -1.03. The molecule has 0 radical (unpaired) electrons. The molecular weight excluding hydrogens is 404 g/mol. The molecule has 10 atom stereocenters. The van der Waals surface area contributed by atoms with E-state index in [4.69, 9.17) is 18.9 Å². The second kappa shape index (κ2) is 10.7. The number of fused-ring (bicyclic) bond motifs is 1. The van der Waals surface area contributed by atoms with E-state index in [0.717, 1.165) is 12.0 Å². The Labute approximate surface area is 184 Å². The molecule has 8 nitrogen and oxygen atoms in total. The van der Waals surface area contributed by atoms with Crippen molar-refractivity contribution in [1.29, 1.82) is 0 Å². The summed E-state index contributed by atoms with van der Waals surface area (Å²) in [7, 11) is 1.38. The van der Waals surface area contributed by atoms with Crippen LogP contribution in [0.25, 0.3) is 0 Å². The lowest BCUT2D eigenvalue weighted by atomic mass is 9.79. The van der Waals surface area contributed by atoms with Crippen LogP contribution in [0.3, 0.4) is 0 Å². The van der Waals surface area contributed by atoms with Gasteiger partial charge in [-0.25, -0.2) is 0 Å². The van der Waals surface area contributed by atoms with Crippen LogP contribution in [0.1, 0.15) is 52.4 Å². The molecule has 0 saturated carbocycles. The molecule has 31 heavy (non-hydrogen) atoms. The van der Waals surface area contributed by atoms with Crippen LogP contribution in [0.2, 0.25) is 0 Å². The first-order chi connectivity index (χ1) is 14.7. The fraction of sp³-hybridized carbons (Fsp3) is 0.870. The lowest BCUT2D eigenvalue weighted by Gasteiger charge is -2.50. The molecule has 3 saturated heterocycles. The summed E-state index contributed by atoms with van der Waals surface area (Å²) in [4.78, 5) is 11.5. The van der Waals surface area contributed by atoms with E-state index in [-0.39, 0.29) is 48.8 Å². The van der Waals surface area contributed by atoms with E-state index in [0.29, 0.717) is 32.1 Å². The lowest BCUT2D eigenvalue weighted by Crippen LogP contribution is -2.60. The highest BCUT2D eigenvalue weighted by Crippen LogP contribution is 2.40. The zero-order valence-corrected chi connectivity index (χ0v) is 18.8.